The minimum Gasteiger partial charge on any atom is -0.381 e. The van der Waals surface area contributed by atoms with E-state index >= 15 is 0 Å². The largest absolute Gasteiger partial charge is 0.381 e. The van der Waals surface area contributed by atoms with E-state index in [9.17, 15) is 4.79 Å². The molecule has 0 atom stereocenters. The zero-order valence-corrected chi connectivity index (χ0v) is 9.71. The van der Waals surface area contributed by atoms with Gasteiger partial charge in [0.25, 0.3) is 0 Å². The van der Waals surface area contributed by atoms with E-state index in [0.29, 0.717) is 5.92 Å². The average Bonchev–Trinajstić information content (AvgIpc) is 2.18. The summed E-state index contributed by atoms with van der Waals surface area (Å²) in [5.74, 6) is 0.620. The molecule has 4 heteroatoms. The summed E-state index contributed by atoms with van der Waals surface area (Å²) < 4.78 is 5.27. The first-order valence-electron chi connectivity index (χ1n) is 5.65. The SMILES string of the molecule is CC(C)(N)C(=O)NCCC1CCOCC1. The maximum atomic E-state index is 11.4. The van der Waals surface area contributed by atoms with Gasteiger partial charge in [-0.05, 0) is 39.0 Å². The van der Waals surface area contributed by atoms with Gasteiger partial charge in [0.2, 0.25) is 5.91 Å². The van der Waals surface area contributed by atoms with Crippen molar-refractivity contribution in [1.82, 2.24) is 5.32 Å². The first-order valence-corrected chi connectivity index (χ1v) is 5.65. The van der Waals surface area contributed by atoms with Crippen molar-refractivity contribution in [2.45, 2.75) is 38.6 Å². The van der Waals surface area contributed by atoms with Crippen molar-refractivity contribution in [3.63, 3.8) is 0 Å². The first kappa shape index (κ1) is 12.5. The van der Waals surface area contributed by atoms with Crippen LogP contribution >= 0.6 is 0 Å². The summed E-state index contributed by atoms with van der Waals surface area (Å²) in [5.41, 5.74) is 4.90. The van der Waals surface area contributed by atoms with Crippen LogP contribution in [-0.2, 0) is 9.53 Å². The Kier molecular flexibility index (Phi) is 4.54. The van der Waals surface area contributed by atoms with E-state index in [1.165, 1.54) is 0 Å². The molecule has 88 valence electrons. The molecule has 0 radical (unpaired) electrons. The fraction of sp³-hybridized carbons (Fsp3) is 0.909. The van der Waals surface area contributed by atoms with Crippen molar-refractivity contribution >= 4 is 5.91 Å². The van der Waals surface area contributed by atoms with E-state index in [0.717, 1.165) is 39.0 Å². The quantitative estimate of drug-likeness (QED) is 0.722. The second-order valence-electron chi connectivity index (χ2n) is 4.82. The molecule has 0 aromatic heterocycles. The van der Waals surface area contributed by atoms with E-state index in [1.807, 2.05) is 0 Å². The maximum Gasteiger partial charge on any atom is 0.239 e. The van der Waals surface area contributed by atoms with Crippen LogP contribution in [0.2, 0.25) is 0 Å². The van der Waals surface area contributed by atoms with Crippen LogP contribution < -0.4 is 11.1 Å². The van der Waals surface area contributed by atoms with Gasteiger partial charge in [-0.15, -0.1) is 0 Å². The summed E-state index contributed by atoms with van der Waals surface area (Å²) in [6.07, 6.45) is 3.26. The molecule has 0 aliphatic carbocycles. The average molecular weight is 214 g/mol. The molecule has 0 bridgehead atoms. The van der Waals surface area contributed by atoms with E-state index in [1.54, 1.807) is 13.8 Å². The monoisotopic (exact) mass is 214 g/mol. The van der Waals surface area contributed by atoms with Crippen LogP contribution in [0.1, 0.15) is 33.1 Å². The Labute approximate surface area is 91.5 Å². The smallest absolute Gasteiger partial charge is 0.239 e. The van der Waals surface area contributed by atoms with Crippen molar-refractivity contribution in [2.24, 2.45) is 11.7 Å². The Balaban J connectivity index is 2.12. The third-order valence-electron chi connectivity index (χ3n) is 2.76. The molecule has 15 heavy (non-hydrogen) atoms. The Morgan fingerprint density at radius 3 is 2.60 bits per heavy atom. The molecule has 4 nitrogen and oxygen atoms in total. The van der Waals surface area contributed by atoms with E-state index in [-0.39, 0.29) is 5.91 Å². The third kappa shape index (κ3) is 4.62. The van der Waals surface area contributed by atoms with Crippen LogP contribution in [-0.4, -0.2) is 31.2 Å². The van der Waals surface area contributed by atoms with Crippen molar-refractivity contribution in [1.29, 1.82) is 0 Å². The highest BCUT2D eigenvalue weighted by Gasteiger charge is 2.21. The van der Waals surface area contributed by atoms with Gasteiger partial charge >= 0.3 is 0 Å². The van der Waals surface area contributed by atoms with Gasteiger partial charge in [0.05, 0.1) is 5.54 Å². The highest BCUT2D eigenvalue weighted by atomic mass is 16.5. The fourth-order valence-corrected chi connectivity index (χ4v) is 1.65. The molecule has 0 aromatic carbocycles. The van der Waals surface area contributed by atoms with Gasteiger partial charge in [-0.2, -0.15) is 0 Å². The predicted molar refractivity (Wildman–Crippen MR) is 59.4 cm³/mol. The molecule has 1 amide bonds. The summed E-state index contributed by atoms with van der Waals surface area (Å²) in [5, 5.41) is 2.87. The third-order valence-corrected chi connectivity index (χ3v) is 2.76. The molecular weight excluding hydrogens is 192 g/mol. The number of carbonyl (C=O) groups excluding carboxylic acids is 1. The van der Waals surface area contributed by atoms with Gasteiger partial charge in [-0.3, -0.25) is 4.79 Å². The molecule has 0 spiro atoms. The Hall–Kier alpha value is -0.610. The van der Waals surface area contributed by atoms with Gasteiger partial charge in [0.1, 0.15) is 0 Å². The van der Waals surface area contributed by atoms with Gasteiger partial charge in [0, 0.05) is 19.8 Å². The van der Waals surface area contributed by atoms with Crippen LogP contribution in [0.3, 0.4) is 0 Å². The molecule has 1 saturated heterocycles. The molecular formula is C11H22N2O2. The van der Waals surface area contributed by atoms with E-state index < -0.39 is 5.54 Å². The standard InChI is InChI=1S/C11H22N2O2/c1-11(2,12)10(14)13-6-3-9-4-7-15-8-5-9/h9H,3-8,12H2,1-2H3,(H,13,14). The number of ether oxygens (including phenoxy) is 1. The van der Waals surface area contributed by atoms with Crippen molar-refractivity contribution in [3.8, 4) is 0 Å². The molecule has 1 aliphatic rings. The summed E-state index contributed by atoms with van der Waals surface area (Å²) in [6.45, 7) is 5.89. The van der Waals surface area contributed by atoms with Crippen molar-refractivity contribution in [3.05, 3.63) is 0 Å². The molecule has 0 unspecified atom stereocenters. The van der Waals surface area contributed by atoms with Gasteiger partial charge < -0.3 is 15.8 Å². The summed E-state index contributed by atoms with van der Waals surface area (Å²) in [4.78, 5) is 11.4. The number of rotatable bonds is 4. The normalized spacial score (nSPS) is 18.9. The Morgan fingerprint density at radius 2 is 2.07 bits per heavy atom. The molecule has 1 rings (SSSR count). The minimum atomic E-state index is -0.768. The predicted octanol–water partition coefficient (Wildman–Crippen LogP) is 0.657. The number of carbonyl (C=O) groups is 1. The van der Waals surface area contributed by atoms with Crippen LogP contribution in [0.25, 0.3) is 0 Å². The molecule has 1 fully saturated rings. The number of hydrogen-bond acceptors (Lipinski definition) is 3. The summed E-state index contributed by atoms with van der Waals surface area (Å²) >= 11 is 0. The lowest BCUT2D eigenvalue weighted by atomic mass is 9.96. The number of hydrogen-bond donors (Lipinski definition) is 2. The summed E-state index contributed by atoms with van der Waals surface area (Å²) in [6, 6.07) is 0. The number of nitrogens with one attached hydrogen (secondary N) is 1. The second kappa shape index (κ2) is 5.47. The highest BCUT2D eigenvalue weighted by Crippen LogP contribution is 2.17. The lowest BCUT2D eigenvalue weighted by molar-refractivity contribution is -0.125. The van der Waals surface area contributed by atoms with Crippen LogP contribution in [0.5, 0.6) is 0 Å². The zero-order valence-electron chi connectivity index (χ0n) is 9.71. The van der Waals surface area contributed by atoms with Crippen LogP contribution in [0, 0.1) is 5.92 Å². The number of amides is 1. The molecule has 1 heterocycles. The van der Waals surface area contributed by atoms with Gasteiger partial charge in [0.15, 0.2) is 0 Å². The summed E-state index contributed by atoms with van der Waals surface area (Å²) in [7, 11) is 0. The Morgan fingerprint density at radius 1 is 1.47 bits per heavy atom. The highest BCUT2D eigenvalue weighted by molar-refractivity contribution is 5.84. The molecule has 0 saturated carbocycles. The minimum absolute atomic E-state index is 0.0745. The molecule has 1 aliphatic heterocycles. The first-order chi connectivity index (χ1) is 7.00. The number of nitrogens with two attached hydrogens (primary N) is 1. The van der Waals surface area contributed by atoms with Crippen molar-refractivity contribution < 1.29 is 9.53 Å². The van der Waals surface area contributed by atoms with Gasteiger partial charge in [-0.25, -0.2) is 0 Å². The van der Waals surface area contributed by atoms with Gasteiger partial charge in [-0.1, -0.05) is 0 Å². The lowest BCUT2D eigenvalue weighted by Crippen LogP contribution is -2.49. The zero-order chi connectivity index (χ0) is 11.3. The van der Waals surface area contributed by atoms with Crippen molar-refractivity contribution in [2.75, 3.05) is 19.8 Å². The second-order valence-corrected chi connectivity index (χ2v) is 4.82. The van der Waals surface area contributed by atoms with E-state index in [2.05, 4.69) is 5.32 Å². The van der Waals surface area contributed by atoms with Crippen LogP contribution in [0.15, 0.2) is 0 Å². The fourth-order valence-electron chi connectivity index (χ4n) is 1.65. The maximum absolute atomic E-state index is 11.4. The van der Waals surface area contributed by atoms with E-state index in [4.69, 9.17) is 10.5 Å². The Bertz CT molecular complexity index is 205. The van der Waals surface area contributed by atoms with Crippen LogP contribution in [0.4, 0.5) is 0 Å². The molecule has 3 N–H and O–H groups in total. The lowest BCUT2D eigenvalue weighted by Gasteiger charge is -2.23. The topological polar surface area (TPSA) is 64.4 Å². The molecule has 0 aromatic rings.